The highest BCUT2D eigenvalue weighted by Gasteiger charge is 2.23. The molecule has 2 rings (SSSR count). The van der Waals surface area contributed by atoms with E-state index in [1.165, 1.54) is 12.5 Å². The molecule has 0 aliphatic rings. The lowest BCUT2D eigenvalue weighted by molar-refractivity contribution is 0.273. The minimum atomic E-state index is -3.75. The van der Waals surface area contributed by atoms with Crippen molar-refractivity contribution in [3.63, 3.8) is 0 Å². The maximum Gasteiger partial charge on any atom is 0.244 e. The van der Waals surface area contributed by atoms with E-state index >= 15 is 0 Å². The Bertz CT molecular complexity index is 653. The monoisotopic (exact) mass is 283 g/mol. The van der Waals surface area contributed by atoms with Crippen molar-refractivity contribution in [3.05, 3.63) is 35.7 Å². The quantitative estimate of drug-likeness (QED) is 0.679. The Balaban J connectivity index is 2.21. The van der Waals surface area contributed by atoms with E-state index in [1.807, 2.05) is 0 Å². The van der Waals surface area contributed by atoms with E-state index in [9.17, 15) is 8.42 Å². The summed E-state index contributed by atoms with van der Waals surface area (Å²) < 4.78 is 26.7. The zero-order valence-corrected chi connectivity index (χ0v) is 11.0. The molecule has 8 nitrogen and oxygen atoms in total. The summed E-state index contributed by atoms with van der Waals surface area (Å²) in [5, 5.41) is 15.4. The standard InChI is InChI=1S/C10H13N5O3S/c1-7-10(9(5-16)15-14-7)19(17,18)13-4-8-2-3-11-6-12-8/h2-3,6,13,16H,4-5H2,1H3,(H,14,15). The number of aryl methyl sites for hydroxylation is 1. The normalized spacial score (nSPS) is 11.7. The molecule has 0 aliphatic carbocycles. The molecular formula is C10H13N5O3S. The number of nitrogens with zero attached hydrogens (tertiary/aromatic N) is 3. The summed E-state index contributed by atoms with van der Waals surface area (Å²) >= 11 is 0. The Morgan fingerprint density at radius 3 is 2.89 bits per heavy atom. The molecule has 9 heteroatoms. The molecule has 19 heavy (non-hydrogen) atoms. The van der Waals surface area contributed by atoms with Crippen LogP contribution in [-0.2, 0) is 23.2 Å². The third-order valence-electron chi connectivity index (χ3n) is 2.47. The third kappa shape index (κ3) is 2.95. The van der Waals surface area contributed by atoms with Gasteiger partial charge in [-0.15, -0.1) is 0 Å². The molecule has 3 N–H and O–H groups in total. The largest absolute Gasteiger partial charge is 0.390 e. The second-order valence-electron chi connectivity index (χ2n) is 3.81. The van der Waals surface area contributed by atoms with E-state index in [0.29, 0.717) is 11.4 Å². The highest BCUT2D eigenvalue weighted by atomic mass is 32.2. The van der Waals surface area contributed by atoms with Gasteiger partial charge < -0.3 is 5.11 Å². The summed E-state index contributed by atoms with van der Waals surface area (Å²) in [7, 11) is -3.75. The average Bonchev–Trinajstić information content (AvgIpc) is 2.80. The first-order chi connectivity index (χ1) is 9.04. The topological polar surface area (TPSA) is 121 Å². The summed E-state index contributed by atoms with van der Waals surface area (Å²) in [5.41, 5.74) is 1.01. The van der Waals surface area contributed by atoms with Crippen LogP contribution in [0.4, 0.5) is 0 Å². The van der Waals surface area contributed by atoms with Gasteiger partial charge in [-0.1, -0.05) is 0 Å². The number of aromatic amines is 1. The predicted octanol–water partition coefficient (Wildman–Crippen LogP) is -0.521. The first kappa shape index (κ1) is 13.6. The second kappa shape index (κ2) is 5.43. The number of H-pyrrole nitrogens is 1. The van der Waals surface area contributed by atoms with E-state index in [0.717, 1.165) is 0 Å². The average molecular weight is 283 g/mol. The summed E-state index contributed by atoms with van der Waals surface area (Å²) in [6.45, 7) is 1.17. The zero-order chi connectivity index (χ0) is 13.9. The van der Waals surface area contributed by atoms with Gasteiger partial charge in [-0.2, -0.15) is 5.10 Å². The fourth-order valence-electron chi connectivity index (χ4n) is 1.60. The molecule has 0 radical (unpaired) electrons. The molecule has 102 valence electrons. The van der Waals surface area contributed by atoms with Crippen molar-refractivity contribution in [2.45, 2.75) is 25.0 Å². The van der Waals surface area contributed by atoms with Gasteiger partial charge >= 0.3 is 0 Å². The molecule has 0 aromatic carbocycles. The van der Waals surface area contributed by atoms with Gasteiger partial charge in [0.2, 0.25) is 10.0 Å². The molecule has 2 heterocycles. The fourth-order valence-corrected chi connectivity index (χ4v) is 2.95. The van der Waals surface area contributed by atoms with E-state index in [1.54, 1.807) is 13.0 Å². The summed E-state index contributed by atoms with van der Waals surface area (Å²) in [6, 6.07) is 1.61. The lowest BCUT2D eigenvalue weighted by atomic mass is 10.4. The highest BCUT2D eigenvalue weighted by molar-refractivity contribution is 7.89. The number of rotatable bonds is 5. The Labute approximate surface area is 110 Å². The molecule has 2 aromatic rings. The van der Waals surface area contributed by atoms with Crippen LogP contribution < -0.4 is 4.72 Å². The molecule has 0 fully saturated rings. The third-order valence-corrected chi connectivity index (χ3v) is 4.07. The Hall–Kier alpha value is -1.84. The molecular weight excluding hydrogens is 270 g/mol. The van der Waals surface area contributed by atoms with Crippen molar-refractivity contribution >= 4 is 10.0 Å². The van der Waals surface area contributed by atoms with Crippen molar-refractivity contribution in [1.82, 2.24) is 24.9 Å². The molecule has 0 aliphatic heterocycles. The smallest absolute Gasteiger partial charge is 0.244 e. The molecule has 0 amide bonds. The Morgan fingerprint density at radius 2 is 2.26 bits per heavy atom. The zero-order valence-electron chi connectivity index (χ0n) is 10.2. The molecule has 0 saturated heterocycles. The lowest BCUT2D eigenvalue weighted by Gasteiger charge is -2.06. The summed E-state index contributed by atoms with van der Waals surface area (Å²) in [4.78, 5) is 7.64. The van der Waals surface area contributed by atoms with Gasteiger partial charge in [0.05, 0.1) is 24.5 Å². The number of aliphatic hydroxyl groups excluding tert-OH is 1. The number of sulfonamides is 1. The fraction of sp³-hybridized carbons (Fsp3) is 0.300. The second-order valence-corrected chi connectivity index (χ2v) is 5.51. The van der Waals surface area contributed by atoms with Gasteiger partial charge in [-0.3, -0.25) is 5.10 Å². The number of aromatic nitrogens is 4. The highest BCUT2D eigenvalue weighted by Crippen LogP contribution is 2.17. The van der Waals surface area contributed by atoms with Gasteiger partial charge in [-0.05, 0) is 13.0 Å². The first-order valence-electron chi connectivity index (χ1n) is 5.44. The van der Waals surface area contributed by atoms with E-state index in [-0.39, 0.29) is 17.1 Å². The van der Waals surface area contributed by atoms with Crippen LogP contribution in [0.15, 0.2) is 23.5 Å². The van der Waals surface area contributed by atoms with Gasteiger partial charge in [0.1, 0.15) is 16.9 Å². The molecule has 0 bridgehead atoms. The molecule has 2 aromatic heterocycles. The molecule has 0 spiro atoms. The van der Waals surface area contributed by atoms with E-state index in [4.69, 9.17) is 5.11 Å². The number of aliphatic hydroxyl groups is 1. The Kier molecular flexibility index (Phi) is 3.88. The number of hydrogen-bond acceptors (Lipinski definition) is 6. The maximum atomic E-state index is 12.1. The Morgan fingerprint density at radius 1 is 1.47 bits per heavy atom. The molecule has 0 unspecified atom stereocenters. The van der Waals surface area contributed by atoms with E-state index in [2.05, 4.69) is 24.9 Å². The minimum Gasteiger partial charge on any atom is -0.390 e. The van der Waals surface area contributed by atoms with Crippen LogP contribution in [-0.4, -0.2) is 33.7 Å². The number of hydrogen-bond donors (Lipinski definition) is 3. The van der Waals surface area contributed by atoms with Gasteiger partial charge in [-0.25, -0.2) is 23.1 Å². The van der Waals surface area contributed by atoms with E-state index < -0.39 is 16.6 Å². The van der Waals surface area contributed by atoms with Crippen LogP contribution in [0.5, 0.6) is 0 Å². The van der Waals surface area contributed by atoms with Crippen LogP contribution in [0.1, 0.15) is 17.1 Å². The number of nitrogens with one attached hydrogen (secondary N) is 2. The first-order valence-corrected chi connectivity index (χ1v) is 6.92. The molecule has 0 atom stereocenters. The molecule has 0 saturated carbocycles. The predicted molar refractivity (Wildman–Crippen MR) is 65.3 cm³/mol. The SMILES string of the molecule is Cc1[nH]nc(CO)c1S(=O)(=O)NCc1ccncn1. The van der Waals surface area contributed by atoms with Crippen molar-refractivity contribution in [1.29, 1.82) is 0 Å². The van der Waals surface area contributed by atoms with Gasteiger partial charge in [0, 0.05) is 6.20 Å². The van der Waals surface area contributed by atoms with Crippen molar-refractivity contribution in [2.75, 3.05) is 0 Å². The summed E-state index contributed by atoms with van der Waals surface area (Å²) in [6.07, 6.45) is 2.87. The van der Waals surface area contributed by atoms with Crippen LogP contribution in [0.25, 0.3) is 0 Å². The van der Waals surface area contributed by atoms with Gasteiger partial charge in [0.15, 0.2) is 0 Å². The van der Waals surface area contributed by atoms with Gasteiger partial charge in [0.25, 0.3) is 0 Å². The van der Waals surface area contributed by atoms with Crippen molar-refractivity contribution in [2.24, 2.45) is 0 Å². The van der Waals surface area contributed by atoms with Crippen LogP contribution in [0.2, 0.25) is 0 Å². The lowest BCUT2D eigenvalue weighted by Crippen LogP contribution is -2.25. The van der Waals surface area contributed by atoms with Crippen LogP contribution in [0.3, 0.4) is 0 Å². The summed E-state index contributed by atoms with van der Waals surface area (Å²) in [5.74, 6) is 0. The van der Waals surface area contributed by atoms with Crippen LogP contribution >= 0.6 is 0 Å². The minimum absolute atomic E-state index is 0.0240. The van der Waals surface area contributed by atoms with Crippen molar-refractivity contribution in [3.8, 4) is 0 Å². The van der Waals surface area contributed by atoms with Crippen molar-refractivity contribution < 1.29 is 13.5 Å². The maximum absolute atomic E-state index is 12.1. The van der Waals surface area contributed by atoms with Crippen LogP contribution in [0, 0.1) is 6.92 Å².